The van der Waals surface area contributed by atoms with Crippen LogP contribution in [-0.4, -0.2) is 18.2 Å². The zero-order valence-corrected chi connectivity index (χ0v) is 11.3. The first-order valence-corrected chi connectivity index (χ1v) is 6.83. The van der Waals surface area contributed by atoms with Crippen molar-refractivity contribution in [1.82, 2.24) is 5.32 Å². The van der Waals surface area contributed by atoms with Gasteiger partial charge in [-0.3, -0.25) is 0 Å². The summed E-state index contributed by atoms with van der Waals surface area (Å²) in [5.74, 6) is 0.0475. The molecule has 102 valence electrons. The van der Waals surface area contributed by atoms with Gasteiger partial charge in [-0.15, -0.1) is 0 Å². The second-order valence-corrected chi connectivity index (χ2v) is 5.10. The number of carbonyl (C=O) groups is 1. The van der Waals surface area contributed by atoms with Gasteiger partial charge in [0.15, 0.2) is 0 Å². The molecule has 0 unspecified atom stereocenters. The minimum atomic E-state index is -0.334. The van der Waals surface area contributed by atoms with Crippen molar-refractivity contribution in [1.29, 1.82) is 0 Å². The van der Waals surface area contributed by atoms with Crippen LogP contribution in [0.1, 0.15) is 24.0 Å². The molecule has 1 N–H and O–H groups in total. The molecule has 20 heavy (non-hydrogen) atoms. The van der Waals surface area contributed by atoms with Gasteiger partial charge in [0.25, 0.3) is 0 Å². The molecule has 1 saturated heterocycles. The van der Waals surface area contributed by atoms with Crippen LogP contribution in [0.3, 0.4) is 0 Å². The highest BCUT2D eigenvalue weighted by atomic mass is 16.6. The summed E-state index contributed by atoms with van der Waals surface area (Å²) in [6.07, 6.45) is -0.522. The fourth-order valence-corrected chi connectivity index (χ4v) is 2.78. The standard InChI is InChI=1S/C17H17NO2/c1-12-16(20-17(19)18-12)15(13-8-4-2-5-9-13)14-10-6-3-7-11-14/h2-12,15-16H,1H3,(H,18,19)/t12-,16-/m0/s1. The average molecular weight is 267 g/mol. The number of cyclic esters (lactones) is 1. The molecule has 0 bridgehead atoms. The monoisotopic (exact) mass is 267 g/mol. The first-order chi connectivity index (χ1) is 9.75. The Morgan fingerprint density at radius 2 is 1.45 bits per heavy atom. The van der Waals surface area contributed by atoms with Gasteiger partial charge in [0.05, 0.1) is 6.04 Å². The van der Waals surface area contributed by atoms with Crippen LogP contribution in [-0.2, 0) is 4.74 Å². The Labute approximate surface area is 118 Å². The van der Waals surface area contributed by atoms with Gasteiger partial charge >= 0.3 is 6.09 Å². The predicted molar refractivity (Wildman–Crippen MR) is 77.6 cm³/mol. The topological polar surface area (TPSA) is 38.3 Å². The van der Waals surface area contributed by atoms with E-state index < -0.39 is 0 Å². The molecule has 1 amide bonds. The number of amides is 1. The molecule has 3 rings (SSSR count). The molecule has 3 heteroatoms. The Morgan fingerprint density at radius 3 is 1.85 bits per heavy atom. The number of ether oxygens (including phenoxy) is 1. The van der Waals surface area contributed by atoms with Crippen LogP contribution < -0.4 is 5.32 Å². The summed E-state index contributed by atoms with van der Waals surface area (Å²) in [4.78, 5) is 11.5. The Kier molecular flexibility index (Phi) is 3.42. The summed E-state index contributed by atoms with van der Waals surface area (Å²) in [5, 5.41) is 2.83. The molecule has 3 nitrogen and oxygen atoms in total. The van der Waals surface area contributed by atoms with Gasteiger partial charge in [0, 0.05) is 5.92 Å². The fourth-order valence-electron chi connectivity index (χ4n) is 2.78. The highest BCUT2D eigenvalue weighted by Gasteiger charge is 2.38. The van der Waals surface area contributed by atoms with Gasteiger partial charge in [-0.25, -0.2) is 4.79 Å². The molecule has 0 radical (unpaired) electrons. The summed E-state index contributed by atoms with van der Waals surface area (Å²) in [5.41, 5.74) is 2.32. The molecule has 0 spiro atoms. The van der Waals surface area contributed by atoms with Crippen molar-refractivity contribution in [3.63, 3.8) is 0 Å². The average Bonchev–Trinajstić information content (AvgIpc) is 2.80. The van der Waals surface area contributed by atoms with Gasteiger partial charge in [0.1, 0.15) is 6.10 Å². The van der Waals surface area contributed by atoms with Gasteiger partial charge in [-0.1, -0.05) is 60.7 Å². The summed E-state index contributed by atoms with van der Waals surface area (Å²) in [6.45, 7) is 1.98. The number of nitrogens with one attached hydrogen (secondary N) is 1. The van der Waals surface area contributed by atoms with E-state index in [2.05, 4.69) is 29.6 Å². The van der Waals surface area contributed by atoms with E-state index >= 15 is 0 Å². The Bertz CT molecular complexity index is 543. The van der Waals surface area contributed by atoms with Gasteiger partial charge < -0.3 is 10.1 Å². The van der Waals surface area contributed by atoms with Crippen LogP contribution in [0.2, 0.25) is 0 Å². The Balaban J connectivity index is 2.03. The SMILES string of the molecule is C[C@@H]1NC(=O)O[C@@H]1C(c1ccccc1)c1ccccc1. The van der Waals surface area contributed by atoms with Gasteiger partial charge in [-0.05, 0) is 18.1 Å². The third kappa shape index (κ3) is 2.39. The molecule has 2 atom stereocenters. The molecular weight excluding hydrogens is 250 g/mol. The van der Waals surface area contributed by atoms with Gasteiger partial charge in [-0.2, -0.15) is 0 Å². The molecule has 1 heterocycles. The summed E-state index contributed by atoms with van der Waals surface area (Å²) < 4.78 is 5.49. The Hall–Kier alpha value is -2.29. The number of hydrogen-bond donors (Lipinski definition) is 1. The number of alkyl carbamates (subject to hydrolysis) is 1. The lowest BCUT2D eigenvalue weighted by molar-refractivity contribution is 0.123. The van der Waals surface area contributed by atoms with Crippen LogP contribution in [0.4, 0.5) is 4.79 Å². The van der Waals surface area contributed by atoms with E-state index in [1.54, 1.807) is 0 Å². The normalized spacial score (nSPS) is 21.6. The molecular formula is C17H17NO2. The highest BCUT2D eigenvalue weighted by Crippen LogP contribution is 2.33. The van der Waals surface area contributed by atoms with E-state index in [4.69, 9.17) is 4.74 Å². The van der Waals surface area contributed by atoms with Crippen LogP contribution in [0, 0.1) is 0 Å². The molecule has 1 fully saturated rings. The van der Waals surface area contributed by atoms with Crippen LogP contribution in [0.5, 0.6) is 0 Å². The molecule has 0 aliphatic carbocycles. The third-order valence-corrected chi connectivity index (χ3v) is 3.73. The van der Waals surface area contributed by atoms with Crippen molar-refractivity contribution in [3.05, 3.63) is 71.8 Å². The zero-order valence-electron chi connectivity index (χ0n) is 11.3. The second kappa shape index (κ2) is 5.37. The molecule has 1 aliphatic heterocycles. The molecule has 2 aromatic rings. The maximum absolute atomic E-state index is 11.5. The maximum Gasteiger partial charge on any atom is 0.407 e. The zero-order chi connectivity index (χ0) is 13.9. The lowest BCUT2D eigenvalue weighted by atomic mass is 9.84. The quantitative estimate of drug-likeness (QED) is 0.926. The van der Waals surface area contributed by atoms with E-state index in [-0.39, 0.29) is 24.2 Å². The van der Waals surface area contributed by atoms with E-state index in [9.17, 15) is 4.79 Å². The van der Waals surface area contributed by atoms with Crippen molar-refractivity contribution >= 4 is 6.09 Å². The number of benzene rings is 2. The lowest BCUT2D eigenvalue weighted by Crippen LogP contribution is -2.33. The summed E-state index contributed by atoms with van der Waals surface area (Å²) >= 11 is 0. The summed E-state index contributed by atoms with van der Waals surface area (Å²) in [6, 6.07) is 20.4. The van der Waals surface area contributed by atoms with E-state index in [1.165, 1.54) is 0 Å². The maximum atomic E-state index is 11.5. The van der Waals surface area contributed by atoms with Crippen molar-refractivity contribution in [2.24, 2.45) is 0 Å². The molecule has 1 aliphatic rings. The first-order valence-electron chi connectivity index (χ1n) is 6.83. The second-order valence-electron chi connectivity index (χ2n) is 5.10. The number of hydrogen-bond acceptors (Lipinski definition) is 2. The predicted octanol–water partition coefficient (Wildman–Crippen LogP) is 3.32. The largest absolute Gasteiger partial charge is 0.443 e. The van der Waals surface area contributed by atoms with Crippen molar-refractivity contribution in [3.8, 4) is 0 Å². The van der Waals surface area contributed by atoms with Gasteiger partial charge in [0.2, 0.25) is 0 Å². The van der Waals surface area contributed by atoms with E-state index in [1.807, 2.05) is 43.3 Å². The van der Waals surface area contributed by atoms with Crippen molar-refractivity contribution in [2.45, 2.75) is 25.0 Å². The minimum absolute atomic E-state index is 0.00656. The molecule has 0 aromatic heterocycles. The molecule has 0 saturated carbocycles. The number of rotatable bonds is 3. The highest BCUT2D eigenvalue weighted by molar-refractivity contribution is 5.70. The van der Waals surface area contributed by atoms with Crippen molar-refractivity contribution < 1.29 is 9.53 Å². The molecule has 2 aromatic carbocycles. The van der Waals surface area contributed by atoms with E-state index in [0.717, 1.165) is 11.1 Å². The minimum Gasteiger partial charge on any atom is -0.443 e. The van der Waals surface area contributed by atoms with E-state index in [0.29, 0.717) is 0 Å². The van der Waals surface area contributed by atoms with Crippen LogP contribution in [0.15, 0.2) is 60.7 Å². The van der Waals surface area contributed by atoms with Crippen molar-refractivity contribution in [2.75, 3.05) is 0 Å². The third-order valence-electron chi connectivity index (χ3n) is 3.73. The summed E-state index contributed by atoms with van der Waals surface area (Å²) in [7, 11) is 0. The number of carbonyl (C=O) groups excluding carboxylic acids is 1. The lowest BCUT2D eigenvalue weighted by Gasteiger charge is -2.25. The Morgan fingerprint density at radius 1 is 0.950 bits per heavy atom. The van der Waals surface area contributed by atoms with Crippen LogP contribution in [0.25, 0.3) is 0 Å². The first kappa shape index (κ1) is 12.7. The van der Waals surface area contributed by atoms with Crippen LogP contribution >= 0.6 is 0 Å². The fraction of sp³-hybridized carbons (Fsp3) is 0.235. The smallest absolute Gasteiger partial charge is 0.407 e.